The molecule has 0 aliphatic carbocycles. The number of rotatable bonds is 8. The Morgan fingerprint density at radius 1 is 1.24 bits per heavy atom. The molecule has 1 unspecified atom stereocenters. The van der Waals surface area contributed by atoms with Crippen LogP contribution in [0.15, 0.2) is 36.4 Å². The second-order valence-corrected chi connectivity index (χ2v) is 7.19. The number of aromatic amines is 1. The van der Waals surface area contributed by atoms with Gasteiger partial charge in [-0.15, -0.1) is 0 Å². The molecular formula is C22H26FN4O2. The summed E-state index contributed by atoms with van der Waals surface area (Å²) in [5.74, 6) is 1.16. The van der Waals surface area contributed by atoms with Crippen LogP contribution in [-0.2, 0) is 6.42 Å². The van der Waals surface area contributed by atoms with E-state index in [1.54, 1.807) is 19.2 Å². The molecule has 0 spiro atoms. The normalized spacial score (nSPS) is 16.1. The van der Waals surface area contributed by atoms with Gasteiger partial charge in [0, 0.05) is 31.6 Å². The van der Waals surface area contributed by atoms with E-state index in [9.17, 15) is 4.39 Å². The van der Waals surface area contributed by atoms with Crippen LogP contribution in [0.2, 0.25) is 0 Å². The van der Waals surface area contributed by atoms with E-state index in [0.29, 0.717) is 5.75 Å². The van der Waals surface area contributed by atoms with Crippen LogP contribution in [-0.4, -0.2) is 54.6 Å². The van der Waals surface area contributed by atoms with E-state index >= 15 is 0 Å². The van der Waals surface area contributed by atoms with Crippen molar-refractivity contribution in [2.75, 3.05) is 33.3 Å². The SMILES string of the molecule is COc1c[c]ccc1OC(CCCc1n[nH]c2cc(F)ccc12)N1CCNCC1. The van der Waals surface area contributed by atoms with Crippen LogP contribution in [0, 0.1) is 11.9 Å². The van der Waals surface area contributed by atoms with Gasteiger partial charge in [0.15, 0.2) is 17.7 Å². The number of ether oxygens (including phenoxy) is 2. The average molecular weight is 397 g/mol. The first-order chi connectivity index (χ1) is 14.2. The zero-order valence-electron chi connectivity index (χ0n) is 16.6. The predicted octanol–water partition coefficient (Wildman–Crippen LogP) is 3.14. The summed E-state index contributed by atoms with van der Waals surface area (Å²) in [5.41, 5.74) is 1.70. The smallest absolute Gasteiger partial charge is 0.163 e. The van der Waals surface area contributed by atoms with Crippen LogP contribution >= 0.6 is 0 Å². The van der Waals surface area contributed by atoms with Gasteiger partial charge in [-0.2, -0.15) is 5.10 Å². The number of aromatic nitrogens is 2. The Balaban J connectivity index is 1.44. The highest BCUT2D eigenvalue weighted by atomic mass is 19.1. The van der Waals surface area contributed by atoms with Crippen LogP contribution in [0.1, 0.15) is 18.5 Å². The molecule has 1 atom stereocenters. The molecule has 0 bridgehead atoms. The van der Waals surface area contributed by atoms with E-state index in [1.165, 1.54) is 12.1 Å². The van der Waals surface area contributed by atoms with E-state index in [4.69, 9.17) is 9.47 Å². The lowest BCUT2D eigenvalue weighted by atomic mass is 10.1. The van der Waals surface area contributed by atoms with Crippen LogP contribution in [0.25, 0.3) is 10.9 Å². The lowest BCUT2D eigenvalue weighted by Crippen LogP contribution is -2.50. The monoisotopic (exact) mass is 397 g/mol. The number of hydrogen-bond donors (Lipinski definition) is 2. The van der Waals surface area contributed by atoms with E-state index in [1.807, 2.05) is 12.1 Å². The van der Waals surface area contributed by atoms with Gasteiger partial charge >= 0.3 is 0 Å². The van der Waals surface area contributed by atoms with Crippen LogP contribution in [0.3, 0.4) is 0 Å². The van der Waals surface area contributed by atoms with Crippen molar-refractivity contribution in [3.05, 3.63) is 54.0 Å². The molecule has 2 N–H and O–H groups in total. The molecule has 3 aromatic rings. The zero-order valence-corrected chi connectivity index (χ0v) is 16.6. The maximum Gasteiger partial charge on any atom is 0.163 e. The third kappa shape index (κ3) is 4.68. The molecule has 0 amide bonds. The minimum Gasteiger partial charge on any atom is -0.493 e. The summed E-state index contributed by atoms with van der Waals surface area (Å²) in [6, 6.07) is 13.3. The maximum absolute atomic E-state index is 13.4. The standard InChI is InChI=1S/C22H26FN4O2/c1-28-20-6-2-3-7-21(20)29-22(27-13-11-24-12-14-27)8-4-5-18-17-10-9-16(23)15-19(17)26-25-18/h3,6-7,9-10,15,22,24H,4-5,8,11-14H2,1H3,(H,25,26). The van der Waals surface area contributed by atoms with E-state index < -0.39 is 0 Å². The van der Waals surface area contributed by atoms with Crippen molar-refractivity contribution in [3.63, 3.8) is 0 Å². The summed E-state index contributed by atoms with van der Waals surface area (Å²) in [4.78, 5) is 2.37. The Labute approximate surface area is 170 Å². The molecule has 1 aliphatic rings. The Hall–Kier alpha value is -2.64. The highest BCUT2D eigenvalue weighted by molar-refractivity contribution is 5.81. The van der Waals surface area contributed by atoms with Gasteiger partial charge < -0.3 is 14.8 Å². The Morgan fingerprint density at radius 2 is 2.10 bits per heavy atom. The Kier molecular flexibility index (Phi) is 6.27. The largest absolute Gasteiger partial charge is 0.493 e. The number of H-pyrrole nitrogens is 1. The van der Waals surface area contributed by atoms with Crippen molar-refractivity contribution in [3.8, 4) is 11.5 Å². The van der Waals surface area contributed by atoms with E-state index in [0.717, 1.165) is 67.8 Å². The summed E-state index contributed by atoms with van der Waals surface area (Å²) in [5, 5.41) is 11.7. The summed E-state index contributed by atoms with van der Waals surface area (Å²) in [7, 11) is 1.64. The first-order valence-electron chi connectivity index (χ1n) is 10.0. The van der Waals surface area contributed by atoms with Gasteiger partial charge in [0.2, 0.25) is 0 Å². The van der Waals surface area contributed by atoms with Crippen LogP contribution < -0.4 is 14.8 Å². The number of methoxy groups -OCH3 is 1. The number of hydrogen-bond acceptors (Lipinski definition) is 5. The van der Waals surface area contributed by atoms with E-state index in [2.05, 4.69) is 26.5 Å². The fourth-order valence-corrected chi connectivity index (χ4v) is 3.77. The first-order valence-corrected chi connectivity index (χ1v) is 10.0. The fourth-order valence-electron chi connectivity index (χ4n) is 3.77. The van der Waals surface area contributed by atoms with Gasteiger partial charge in [0.1, 0.15) is 5.82 Å². The second kappa shape index (κ2) is 9.24. The number of halogens is 1. The third-order valence-electron chi connectivity index (χ3n) is 5.30. The lowest BCUT2D eigenvalue weighted by molar-refractivity contribution is 0.00803. The van der Waals surface area contributed by atoms with Crippen molar-refractivity contribution in [2.24, 2.45) is 0 Å². The molecule has 7 heteroatoms. The molecule has 0 saturated carbocycles. The second-order valence-electron chi connectivity index (χ2n) is 7.19. The van der Waals surface area contributed by atoms with Crippen LogP contribution in [0.5, 0.6) is 11.5 Å². The Bertz CT molecular complexity index is 939. The van der Waals surface area contributed by atoms with Gasteiger partial charge in [0.25, 0.3) is 0 Å². The topological polar surface area (TPSA) is 62.4 Å². The molecule has 2 aromatic carbocycles. The number of aryl methyl sites for hydroxylation is 1. The molecule has 1 aromatic heterocycles. The third-order valence-corrected chi connectivity index (χ3v) is 5.30. The maximum atomic E-state index is 13.4. The fraction of sp³-hybridized carbons (Fsp3) is 0.409. The van der Waals surface area contributed by atoms with Gasteiger partial charge in [-0.25, -0.2) is 4.39 Å². The number of nitrogens with zero attached hydrogens (tertiary/aromatic N) is 2. The first kappa shape index (κ1) is 19.7. The Morgan fingerprint density at radius 3 is 2.93 bits per heavy atom. The quantitative estimate of drug-likeness (QED) is 0.612. The molecule has 153 valence electrons. The summed E-state index contributed by atoms with van der Waals surface area (Å²) >= 11 is 0. The number of nitrogens with one attached hydrogen (secondary N) is 2. The van der Waals surface area contributed by atoms with Crippen molar-refractivity contribution in [2.45, 2.75) is 25.5 Å². The molecule has 1 aliphatic heterocycles. The predicted molar refractivity (Wildman–Crippen MR) is 110 cm³/mol. The molecule has 4 rings (SSSR count). The highest BCUT2D eigenvalue weighted by Gasteiger charge is 2.23. The van der Waals surface area contributed by atoms with Crippen LogP contribution in [0.4, 0.5) is 4.39 Å². The molecule has 29 heavy (non-hydrogen) atoms. The average Bonchev–Trinajstić information content (AvgIpc) is 3.16. The molecule has 1 radical (unpaired) electrons. The lowest BCUT2D eigenvalue weighted by Gasteiger charge is -2.35. The summed E-state index contributed by atoms with van der Waals surface area (Å²) in [6.07, 6.45) is 2.53. The van der Waals surface area contributed by atoms with Crippen molar-refractivity contribution in [1.29, 1.82) is 0 Å². The van der Waals surface area contributed by atoms with Crippen molar-refractivity contribution in [1.82, 2.24) is 20.4 Å². The van der Waals surface area contributed by atoms with Gasteiger partial charge in [-0.05, 0) is 55.7 Å². The number of benzene rings is 2. The molecular weight excluding hydrogens is 371 g/mol. The summed E-state index contributed by atoms with van der Waals surface area (Å²) in [6.45, 7) is 3.79. The van der Waals surface area contributed by atoms with Crippen molar-refractivity contribution < 1.29 is 13.9 Å². The zero-order chi connectivity index (χ0) is 20.1. The molecule has 1 fully saturated rings. The minimum atomic E-state index is -0.256. The van der Waals surface area contributed by atoms with E-state index in [-0.39, 0.29) is 12.0 Å². The summed E-state index contributed by atoms with van der Waals surface area (Å²) < 4.78 is 25.2. The van der Waals surface area contributed by atoms with Gasteiger partial charge in [0.05, 0.1) is 18.3 Å². The molecule has 1 saturated heterocycles. The number of fused-ring (bicyclic) bond motifs is 1. The van der Waals surface area contributed by atoms with Gasteiger partial charge in [-0.3, -0.25) is 10.00 Å². The number of piperazine rings is 1. The minimum absolute atomic E-state index is 0.0453. The van der Waals surface area contributed by atoms with Crippen molar-refractivity contribution >= 4 is 10.9 Å². The van der Waals surface area contributed by atoms with Gasteiger partial charge in [-0.1, -0.05) is 6.07 Å². The molecule has 6 nitrogen and oxygen atoms in total. The highest BCUT2D eigenvalue weighted by Crippen LogP contribution is 2.28. The molecule has 2 heterocycles.